The molecule has 0 bridgehead atoms. The molecule has 0 heterocycles. The van der Waals surface area contributed by atoms with E-state index in [1.54, 1.807) is 13.8 Å². The van der Waals surface area contributed by atoms with E-state index >= 15 is 0 Å². The Hall–Kier alpha value is -2.78. The van der Waals surface area contributed by atoms with Gasteiger partial charge in [0.25, 0.3) is 5.91 Å². The maximum Gasteiger partial charge on any atom is 0.338 e. The molecule has 29 heavy (non-hydrogen) atoms. The van der Waals surface area contributed by atoms with Gasteiger partial charge in [0.05, 0.1) is 10.5 Å². The number of nitrogens with zero attached hydrogens (tertiary/aromatic N) is 1. The lowest BCUT2D eigenvalue weighted by Gasteiger charge is -2.19. The SMILES string of the molecule is CCN(CC)S(=O)(=O)c1cccc(C(=O)O[C@@H](C)C(=O)Nc2ccc(F)cc2)c1. The average molecular weight is 422 g/mol. The van der Waals surface area contributed by atoms with E-state index in [0.29, 0.717) is 18.8 Å². The van der Waals surface area contributed by atoms with Gasteiger partial charge in [0.15, 0.2) is 6.10 Å². The molecule has 0 unspecified atom stereocenters. The van der Waals surface area contributed by atoms with Crippen LogP contribution in [-0.2, 0) is 19.6 Å². The zero-order valence-electron chi connectivity index (χ0n) is 16.4. The smallest absolute Gasteiger partial charge is 0.338 e. The zero-order valence-corrected chi connectivity index (χ0v) is 17.2. The molecule has 0 radical (unpaired) electrons. The number of carbonyl (C=O) groups excluding carboxylic acids is 2. The fourth-order valence-electron chi connectivity index (χ4n) is 2.56. The molecule has 0 aromatic heterocycles. The van der Waals surface area contributed by atoms with Gasteiger partial charge in [-0.2, -0.15) is 4.31 Å². The first-order valence-corrected chi connectivity index (χ1v) is 10.5. The molecule has 2 aromatic rings. The molecule has 0 aliphatic carbocycles. The van der Waals surface area contributed by atoms with Gasteiger partial charge in [-0.15, -0.1) is 0 Å². The quantitative estimate of drug-likeness (QED) is 0.660. The van der Waals surface area contributed by atoms with Crippen molar-refractivity contribution in [3.8, 4) is 0 Å². The van der Waals surface area contributed by atoms with Crippen LogP contribution >= 0.6 is 0 Å². The third-order valence-electron chi connectivity index (χ3n) is 4.18. The number of ether oxygens (including phenoxy) is 1. The Morgan fingerprint density at radius 3 is 2.31 bits per heavy atom. The number of anilines is 1. The van der Waals surface area contributed by atoms with Crippen LogP contribution in [0.4, 0.5) is 10.1 Å². The summed E-state index contributed by atoms with van der Waals surface area (Å²) < 4.78 is 44.6. The lowest BCUT2D eigenvalue weighted by Crippen LogP contribution is -2.31. The van der Waals surface area contributed by atoms with Crippen molar-refractivity contribution in [2.75, 3.05) is 18.4 Å². The van der Waals surface area contributed by atoms with Crippen molar-refractivity contribution < 1.29 is 27.1 Å². The van der Waals surface area contributed by atoms with Crippen LogP contribution in [0.3, 0.4) is 0 Å². The van der Waals surface area contributed by atoms with Crippen molar-refractivity contribution in [1.82, 2.24) is 4.31 Å². The molecule has 7 nitrogen and oxygen atoms in total. The summed E-state index contributed by atoms with van der Waals surface area (Å²) in [6.07, 6.45) is -1.14. The number of halogens is 1. The fourth-order valence-corrected chi connectivity index (χ4v) is 4.06. The van der Waals surface area contributed by atoms with Crippen molar-refractivity contribution >= 4 is 27.6 Å². The molecule has 1 N–H and O–H groups in total. The first-order chi connectivity index (χ1) is 13.7. The Morgan fingerprint density at radius 2 is 1.72 bits per heavy atom. The van der Waals surface area contributed by atoms with E-state index in [9.17, 15) is 22.4 Å². The molecule has 0 fully saturated rings. The van der Waals surface area contributed by atoms with E-state index < -0.39 is 33.8 Å². The largest absolute Gasteiger partial charge is 0.449 e. The third kappa shape index (κ3) is 5.61. The molecule has 0 spiro atoms. The lowest BCUT2D eigenvalue weighted by atomic mass is 10.2. The molecule has 9 heteroatoms. The number of nitrogens with one attached hydrogen (secondary N) is 1. The number of hydrogen-bond acceptors (Lipinski definition) is 5. The lowest BCUT2D eigenvalue weighted by molar-refractivity contribution is -0.123. The number of carbonyl (C=O) groups is 2. The van der Waals surface area contributed by atoms with Crippen molar-refractivity contribution in [2.45, 2.75) is 31.8 Å². The van der Waals surface area contributed by atoms with Gasteiger partial charge in [0, 0.05) is 18.8 Å². The van der Waals surface area contributed by atoms with Crippen LogP contribution in [0.15, 0.2) is 53.4 Å². The zero-order chi connectivity index (χ0) is 21.6. The van der Waals surface area contributed by atoms with Crippen molar-refractivity contribution in [1.29, 1.82) is 0 Å². The monoisotopic (exact) mass is 422 g/mol. The van der Waals surface area contributed by atoms with E-state index in [-0.39, 0.29) is 10.5 Å². The van der Waals surface area contributed by atoms with Crippen LogP contribution in [0.1, 0.15) is 31.1 Å². The van der Waals surface area contributed by atoms with Crippen LogP contribution in [0, 0.1) is 5.82 Å². The second-order valence-corrected chi connectivity index (χ2v) is 8.10. The molecule has 0 aliphatic heterocycles. The van der Waals surface area contributed by atoms with Crippen molar-refractivity contribution in [3.05, 3.63) is 59.9 Å². The highest BCUT2D eigenvalue weighted by atomic mass is 32.2. The predicted octanol–water partition coefficient (Wildman–Crippen LogP) is 3.04. The van der Waals surface area contributed by atoms with Gasteiger partial charge < -0.3 is 10.1 Å². The van der Waals surface area contributed by atoms with Crippen LogP contribution in [0.25, 0.3) is 0 Å². The Kier molecular flexibility index (Phi) is 7.46. The molecular formula is C20H23FN2O5S. The highest BCUT2D eigenvalue weighted by Gasteiger charge is 2.24. The minimum absolute atomic E-state index is 0.0136. The highest BCUT2D eigenvalue weighted by molar-refractivity contribution is 7.89. The normalized spacial score (nSPS) is 12.4. The Bertz CT molecular complexity index is 973. The van der Waals surface area contributed by atoms with Crippen LogP contribution in [-0.4, -0.2) is 43.8 Å². The number of hydrogen-bond donors (Lipinski definition) is 1. The summed E-state index contributed by atoms with van der Waals surface area (Å²) in [7, 11) is -3.73. The van der Waals surface area contributed by atoms with Crippen LogP contribution < -0.4 is 5.32 Å². The van der Waals surface area contributed by atoms with E-state index in [0.717, 1.165) is 0 Å². The number of amides is 1. The maximum atomic E-state index is 12.9. The van der Waals surface area contributed by atoms with Gasteiger partial charge >= 0.3 is 5.97 Å². The van der Waals surface area contributed by atoms with Gasteiger partial charge in [-0.05, 0) is 49.4 Å². The number of sulfonamides is 1. The van der Waals surface area contributed by atoms with Gasteiger partial charge in [-0.1, -0.05) is 19.9 Å². The topological polar surface area (TPSA) is 92.8 Å². The molecule has 1 atom stereocenters. The molecule has 0 saturated heterocycles. The van der Waals surface area contributed by atoms with Gasteiger partial charge in [0.2, 0.25) is 10.0 Å². The summed E-state index contributed by atoms with van der Waals surface area (Å²) in [6, 6.07) is 10.6. The fraction of sp³-hybridized carbons (Fsp3) is 0.300. The van der Waals surface area contributed by atoms with Gasteiger partial charge in [-0.3, -0.25) is 4.79 Å². The maximum absolute atomic E-state index is 12.9. The average Bonchev–Trinajstić information content (AvgIpc) is 2.70. The number of rotatable bonds is 8. The predicted molar refractivity (Wildman–Crippen MR) is 106 cm³/mol. The second kappa shape index (κ2) is 9.62. The highest BCUT2D eigenvalue weighted by Crippen LogP contribution is 2.18. The summed E-state index contributed by atoms with van der Waals surface area (Å²) in [6.45, 7) is 5.43. The van der Waals surface area contributed by atoms with Crippen molar-refractivity contribution in [2.24, 2.45) is 0 Å². The number of benzene rings is 2. The summed E-state index contributed by atoms with van der Waals surface area (Å²) >= 11 is 0. The Balaban J connectivity index is 2.10. The van der Waals surface area contributed by atoms with E-state index in [1.165, 1.54) is 59.8 Å². The minimum Gasteiger partial charge on any atom is -0.449 e. The minimum atomic E-state index is -3.73. The van der Waals surface area contributed by atoms with Crippen LogP contribution in [0.5, 0.6) is 0 Å². The summed E-state index contributed by atoms with van der Waals surface area (Å²) in [5, 5.41) is 2.51. The molecular weight excluding hydrogens is 399 g/mol. The van der Waals surface area contributed by atoms with Crippen molar-refractivity contribution in [3.63, 3.8) is 0 Å². The van der Waals surface area contributed by atoms with Gasteiger partial charge in [-0.25, -0.2) is 17.6 Å². The summed E-state index contributed by atoms with van der Waals surface area (Å²) in [5.74, 6) is -1.87. The number of esters is 1. The standard InChI is InChI=1S/C20H23FN2O5S/c1-4-23(5-2)29(26,27)18-8-6-7-15(13-18)20(25)28-14(3)19(24)22-17-11-9-16(21)10-12-17/h6-14H,4-5H2,1-3H3,(H,22,24)/t14-/m0/s1. The first kappa shape index (κ1) is 22.5. The molecule has 2 rings (SSSR count). The Labute approximate surface area is 169 Å². The van der Waals surface area contributed by atoms with E-state index in [1.807, 2.05) is 0 Å². The molecule has 2 aromatic carbocycles. The molecule has 0 aliphatic rings. The van der Waals surface area contributed by atoms with E-state index in [2.05, 4.69) is 5.32 Å². The van der Waals surface area contributed by atoms with Gasteiger partial charge in [0.1, 0.15) is 5.82 Å². The summed E-state index contributed by atoms with van der Waals surface area (Å²) in [5.41, 5.74) is 0.367. The molecule has 1 amide bonds. The molecule has 0 saturated carbocycles. The summed E-state index contributed by atoms with van der Waals surface area (Å²) in [4.78, 5) is 24.5. The van der Waals surface area contributed by atoms with Crippen LogP contribution in [0.2, 0.25) is 0 Å². The second-order valence-electron chi connectivity index (χ2n) is 6.16. The van der Waals surface area contributed by atoms with E-state index in [4.69, 9.17) is 4.74 Å². The Morgan fingerprint density at radius 1 is 1.10 bits per heavy atom. The molecule has 156 valence electrons. The third-order valence-corrected chi connectivity index (χ3v) is 6.22. The first-order valence-electron chi connectivity index (χ1n) is 9.06.